The molecule has 0 bridgehead atoms. The third kappa shape index (κ3) is 5.52. The molecule has 0 aliphatic rings. The lowest BCUT2D eigenvalue weighted by Gasteiger charge is -2.27. The second-order valence-electron chi connectivity index (χ2n) is 6.43. The molecule has 0 saturated heterocycles. The normalized spacial score (nSPS) is 11.2. The lowest BCUT2D eigenvalue weighted by Crippen LogP contribution is -2.41. The van der Waals surface area contributed by atoms with Gasteiger partial charge in [0.1, 0.15) is 0 Å². The van der Waals surface area contributed by atoms with E-state index in [1.165, 1.54) is 11.1 Å². The fraction of sp³-hybridized carbons (Fsp3) is 0.650. The van der Waals surface area contributed by atoms with Crippen molar-refractivity contribution in [1.82, 2.24) is 9.80 Å². The van der Waals surface area contributed by atoms with Crippen molar-refractivity contribution in [3.8, 4) is 0 Å². The number of anilines is 1. The van der Waals surface area contributed by atoms with Gasteiger partial charge >= 0.3 is 6.03 Å². The van der Waals surface area contributed by atoms with Gasteiger partial charge in [-0.1, -0.05) is 52.8 Å². The van der Waals surface area contributed by atoms with Crippen molar-refractivity contribution in [1.29, 1.82) is 0 Å². The molecule has 1 N–H and O–H groups in total. The van der Waals surface area contributed by atoms with Gasteiger partial charge in [0.05, 0.1) is 0 Å². The number of hydrogen-bond acceptors (Lipinski definition) is 2. The zero-order valence-electron chi connectivity index (χ0n) is 16.4. The maximum atomic E-state index is 12.8. The summed E-state index contributed by atoms with van der Waals surface area (Å²) in [5, 5.41) is 3.19. The lowest BCUT2D eigenvalue weighted by atomic mass is 9.96. The monoisotopic (exact) mass is 333 g/mol. The first kappa shape index (κ1) is 20.5. The highest BCUT2D eigenvalue weighted by Crippen LogP contribution is 2.28. The largest absolute Gasteiger partial charge is 0.324 e. The van der Waals surface area contributed by atoms with Crippen LogP contribution in [0.25, 0.3) is 0 Å². The van der Waals surface area contributed by atoms with Crippen LogP contribution in [0.2, 0.25) is 0 Å². The number of para-hydroxylation sites is 1. The summed E-state index contributed by atoms with van der Waals surface area (Å²) in [6.45, 7) is 17.3. The Balaban J connectivity index is 2.88. The molecule has 0 aliphatic carbocycles. The van der Waals surface area contributed by atoms with E-state index >= 15 is 0 Å². The Hall–Kier alpha value is -1.55. The first-order valence-electron chi connectivity index (χ1n) is 9.38. The third-order valence-electron chi connectivity index (χ3n) is 4.67. The number of carbonyl (C=O) groups is 1. The predicted molar refractivity (Wildman–Crippen MR) is 104 cm³/mol. The quantitative estimate of drug-likeness (QED) is 0.718. The molecular formula is C20H35N3O. The molecule has 0 unspecified atom stereocenters. The van der Waals surface area contributed by atoms with E-state index in [1.807, 2.05) is 11.8 Å². The van der Waals surface area contributed by atoms with Crippen LogP contribution in [0.3, 0.4) is 0 Å². The minimum Gasteiger partial charge on any atom is -0.324 e. The molecule has 4 nitrogen and oxygen atoms in total. The summed E-state index contributed by atoms with van der Waals surface area (Å²) in [7, 11) is 0. The molecule has 24 heavy (non-hydrogen) atoms. The van der Waals surface area contributed by atoms with E-state index in [1.54, 1.807) is 0 Å². The Bertz CT molecular complexity index is 510. The number of aryl methyl sites for hydroxylation is 1. The van der Waals surface area contributed by atoms with Crippen LogP contribution in [0.15, 0.2) is 18.2 Å². The molecule has 0 aliphatic heterocycles. The minimum atomic E-state index is 0.00690. The van der Waals surface area contributed by atoms with Gasteiger partial charge in [-0.25, -0.2) is 4.79 Å². The molecule has 0 fully saturated rings. The maximum Gasteiger partial charge on any atom is 0.321 e. The predicted octanol–water partition coefficient (Wildman–Crippen LogP) is 4.57. The second kappa shape index (κ2) is 10.3. The van der Waals surface area contributed by atoms with E-state index < -0.39 is 0 Å². The molecule has 4 heteroatoms. The average molecular weight is 334 g/mol. The van der Waals surface area contributed by atoms with Gasteiger partial charge in [0, 0.05) is 25.3 Å². The van der Waals surface area contributed by atoms with Gasteiger partial charge in [0.15, 0.2) is 0 Å². The Morgan fingerprint density at radius 3 is 2.21 bits per heavy atom. The highest BCUT2D eigenvalue weighted by atomic mass is 16.2. The molecule has 0 heterocycles. The van der Waals surface area contributed by atoms with E-state index in [-0.39, 0.29) is 6.03 Å². The smallest absolute Gasteiger partial charge is 0.321 e. The lowest BCUT2D eigenvalue weighted by molar-refractivity contribution is 0.200. The van der Waals surface area contributed by atoms with Crippen molar-refractivity contribution in [3.05, 3.63) is 29.3 Å². The molecule has 0 aromatic heterocycles. The Labute approximate surface area is 148 Å². The number of nitrogens with one attached hydrogen (secondary N) is 1. The van der Waals surface area contributed by atoms with Crippen LogP contribution in [0.4, 0.5) is 10.5 Å². The van der Waals surface area contributed by atoms with Gasteiger partial charge in [-0.2, -0.15) is 0 Å². The van der Waals surface area contributed by atoms with Crippen molar-refractivity contribution in [3.63, 3.8) is 0 Å². The van der Waals surface area contributed by atoms with Crippen molar-refractivity contribution in [2.75, 3.05) is 38.0 Å². The molecule has 0 radical (unpaired) electrons. The van der Waals surface area contributed by atoms with E-state index in [2.05, 4.69) is 63.0 Å². The number of rotatable bonds is 9. The molecule has 0 saturated carbocycles. The van der Waals surface area contributed by atoms with Gasteiger partial charge in [-0.05, 0) is 43.5 Å². The van der Waals surface area contributed by atoms with Gasteiger partial charge in [-0.3, -0.25) is 0 Å². The van der Waals surface area contributed by atoms with Gasteiger partial charge in [-0.15, -0.1) is 0 Å². The van der Waals surface area contributed by atoms with Gasteiger partial charge < -0.3 is 15.1 Å². The zero-order valence-corrected chi connectivity index (χ0v) is 16.4. The summed E-state index contributed by atoms with van der Waals surface area (Å²) < 4.78 is 0. The van der Waals surface area contributed by atoms with Crippen LogP contribution >= 0.6 is 0 Å². The molecule has 0 atom stereocenters. The third-order valence-corrected chi connectivity index (χ3v) is 4.67. The maximum absolute atomic E-state index is 12.8. The number of benzene rings is 1. The molecule has 0 spiro atoms. The highest BCUT2D eigenvalue weighted by molar-refractivity contribution is 5.91. The Morgan fingerprint density at radius 1 is 1.04 bits per heavy atom. The number of urea groups is 1. The topological polar surface area (TPSA) is 35.6 Å². The molecule has 1 aromatic carbocycles. The summed E-state index contributed by atoms with van der Waals surface area (Å²) >= 11 is 0. The standard InChI is InChI=1S/C20H35N3O/c1-7-17-12-11-13-18(16(5)6)19(17)21-20(24)23(10-4)15-14-22(8-2)9-3/h11-13,16H,7-10,14-15H2,1-6H3,(H,21,24). The number of nitrogens with zero attached hydrogens (tertiary/aromatic N) is 2. The van der Waals surface area contributed by atoms with Crippen LogP contribution in [0.1, 0.15) is 58.6 Å². The summed E-state index contributed by atoms with van der Waals surface area (Å²) in [6, 6.07) is 6.31. The zero-order chi connectivity index (χ0) is 18.1. The van der Waals surface area contributed by atoms with Crippen LogP contribution in [-0.4, -0.2) is 48.6 Å². The van der Waals surface area contributed by atoms with E-state index in [4.69, 9.17) is 0 Å². The van der Waals surface area contributed by atoms with E-state index in [0.29, 0.717) is 5.92 Å². The Morgan fingerprint density at radius 2 is 1.71 bits per heavy atom. The summed E-state index contributed by atoms with van der Waals surface area (Å²) in [5.41, 5.74) is 3.41. The van der Waals surface area contributed by atoms with Gasteiger partial charge in [0.25, 0.3) is 0 Å². The number of hydrogen-bond donors (Lipinski definition) is 1. The highest BCUT2D eigenvalue weighted by Gasteiger charge is 2.17. The van der Waals surface area contributed by atoms with Crippen LogP contribution in [0.5, 0.6) is 0 Å². The molecule has 2 amide bonds. The van der Waals surface area contributed by atoms with Crippen molar-refractivity contribution < 1.29 is 4.79 Å². The number of likely N-dealkylation sites (N-methyl/N-ethyl adjacent to an activating group) is 2. The minimum absolute atomic E-state index is 0.00690. The van der Waals surface area contributed by atoms with Crippen molar-refractivity contribution in [2.45, 2.75) is 53.9 Å². The fourth-order valence-corrected chi connectivity index (χ4v) is 2.94. The summed E-state index contributed by atoms with van der Waals surface area (Å²) in [5.74, 6) is 0.387. The first-order chi connectivity index (χ1) is 11.5. The SMILES string of the molecule is CCc1cccc(C(C)C)c1NC(=O)N(CC)CCN(CC)CC. The number of amides is 2. The van der Waals surface area contributed by atoms with Gasteiger partial charge in [0.2, 0.25) is 0 Å². The molecule has 1 aromatic rings. The van der Waals surface area contributed by atoms with E-state index in [0.717, 1.165) is 44.8 Å². The Kier molecular flexibility index (Phi) is 8.83. The number of carbonyl (C=O) groups excluding carboxylic acids is 1. The second-order valence-corrected chi connectivity index (χ2v) is 6.43. The average Bonchev–Trinajstić information content (AvgIpc) is 2.58. The first-order valence-corrected chi connectivity index (χ1v) is 9.38. The molecular weight excluding hydrogens is 298 g/mol. The summed E-state index contributed by atoms with van der Waals surface area (Å²) in [6.07, 6.45) is 0.918. The fourth-order valence-electron chi connectivity index (χ4n) is 2.94. The van der Waals surface area contributed by atoms with E-state index in [9.17, 15) is 4.79 Å². The van der Waals surface area contributed by atoms with Crippen molar-refractivity contribution in [2.24, 2.45) is 0 Å². The van der Waals surface area contributed by atoms with Crippen LogP contribution in [-0.2, 0) is 6.42 Å². The molecule has 1 rings (SSSR count). The summed E-state index contributed by atoms with van der Waals surface area (Å²) in [4.78, 5) is 17.0. The van der Waals surface area contributed by atoms with Crippen molar-refractivity contribution >= 4 is 11.7 Å². The van der Waals surface area contributed by atoms with Crippen LogP contribution < -0.4 is 5.32 Å². The van der Waals surface area contributed by atoms with Crippen LogP contribution in [0, 0.1) is 0 Å². The molecule has 136 valence electrons.